The zero-order valence-electron chi connectivity index (χ0n) is 6.36. The van der Waals surface area contributed by atoms with Gasteiger partial charge >= 0.3 is 0 Å². The molecule has 0 atom stereocenters. The lowest BCUT2D eigenvalue weighted by Crippen LogP contribution is -2.12. The maximum Gasteiger partial charge on any atom is 0.254 e. The van der Waals surface area contributed by atoms with Crippen molar-refractivity contribution in [2.75, 3.05) is 0 Å². The third-order valence-electron chi connectivity index (χ3n) is 1.32. The van der Waals surface area contributed by atoms with Crippen LogP contribution < -0.4 is 5.73 Å². The fraction of sp³-hybridized carbons (Fsp3) is 0.125. The van der Waals surface area contributed by atoms with E-state index in [9.17, 15) is 0 Å². The van der Waals surface area contributed by atoms with E-state index in [1.165, 1.54) is 0 Å². The normalized spacial score (nSPS) is 9.33. The fourth-order valence-corrected chi connectivity index (χ4v) is 0.806. The second kappa shape index (κ2) is 3.92. The first-order valence-corrected chi connectivity index (χ1v) is 3.79. The minimum atomic E-state index is 0.0306. The summed E-state index contributed by atoms with van der Waals surface area (Å²) in [5.74, 6) is 0.231. The van der Waals surface area contributed by atoms with Crippen LogP contribution in [0, 0.1) is 0 Å². The molecule has 0 aromatic heterocycles. The molecule has 64 valence electrons. The van der Waals surface area contributed by atoms with E-state index in [1.54, 1.807) is 24.3 Å². The molecule has 0 bridgehead atoms. The lowest BCUT2D eigenvalue weighted by molar-refractivity contribution is 0.296. The summed E-state index contributed by atoms with van der Waals surface area (Å²) in [4.78, 5) is 0. The summed E-state index contributed by atoms with van der Waals surface area (Å²) >= 11 is 4.53. The number of hydrogen-bond donors (Lipinski definition) is 2. The van der Waals surface area contributed by atoms with E-state index < -0.39 is 0 Å². The average molecular weight is 183 g/mol. The van der Waals surface area contributed by atoms with E-state index in [-0.39, 0.29) is 10.9 Å². The summed E-state index contributed by atoms with van der Waals surface area (Å²) < 4.78 is 4.90. The van der Waals surface area contributed by atoms with Crippen LogP contribution in [0.2, 0.25) is 0 Å². The summed E-state index contributed by atoms with van der Waals surface area (Å²) in [6.07, 6.45) is 0. The predicted octanol–water partition coefficient (Wildman–Crippen LogP) is 1.15. The molecule has 0 aliphatic carbocycles. The molecule has 0 saturated carbocycles. The van der Waals surface area contributed by atoms with Gasteiger partial charge in [0.05, 0.1) is 0 Å². The molecule has 0 fully saturated rings. The Morgan fingerprint density at radius 3 is 2.50 bits per heavy atom. The summed E-state index contributed by atoms with van der Waals surface area (Å²) in [5, 5.41) is 8.97. The molecule has 3 nitrogen and oxygen atoms in total. The number of rotatable bonds is 2. The van der Waals surface area contributed by atoms with Gasteiger partial charge in [-0.15, -0.1) is 0 Å². The Kier molecular flexibility index (Phi) is 2.88. The lowest BCUT2D eigenvalue weighted by atomic mass is 10.2. The number of nitrogens with two attached hydrogens (primary N) is 1. The van der Waals surface area contributed by atoms with Gasteiger partial charge in [-0.05, 0) is 29.9 Å². The van der Waals surface area contributed by atoms with Crippen molar-refractivity contribution in [1.29, 1.82) is 0 Å². The van der Waals surface area contributed by atoms with Crippen LogP contribution >= 0.6 is 12.2 Å². The second-order valence-electron chi connectivity index (χ2n) is 2.27. The van der Waals surface area contributed by atoms with Crippen molar-refractivity contribution in [3.05, 3.63) is 29.8 Å². The first kappa shape index (κ1) is 8.80. The molecular formula is C8H9NO2S. The van der Waals surface area contributed by atoms with Crippen molar-refractivity contribution >= 4 is 17.4 Å². The molecule has 0 unspecified atom stereocenters. The van der Waals surface area contributed by atoms with Gasteiger partial charge in [0.25, 0.3) is 5.17 Å². The van der Waals surface area contributed by atoms with Crippen LogP contribution in [0.4, 0.5) is 0 Å². The second-order valence-corrected chi connectivity index (χ2v) is 2.68. The minimum absolute atomic E-state index is 0.0306. The van der Waals surface area contributed by atoms with Crippen LogP contribution in [0.1, 0.15) is 5.56 Å². The first-order chi connectivity index (χ1) is 5.68. The van der Waals surface area contributed by atoms with E-state index in [4.69, 9.17) is 15.6 Å². The van der Waals surface area contributed by atoms with Crippen LogP contribution in [0.3, 0.4) is 0 Å². The molecule has 4 heteroatoms. The number of benzene rings is 1. The summed E-state index contributed by atoms with van der Waals surface area (Å²) in [7, 11) is 0. The van der Waals surface area contributed by atoms with Gasteiger partial charge in [-0.25, -0.2) is 0 Å². The number of thiocarbonyl (C=S) groups is 1. The highest BCUT2D eigenvalue weighted by molar-refractivity contribution is 7.80. The summed E-state index contributed by atoms with van der Waals surface area (Å²) in [6.45, 7) is 0.343. The molecule has 1 aromatic rings. The molecule has 0 aliphatic rings. The molecule has 0 aliphatic heterocycles. The van der Waals surface area contributed by atoms with E-state index in [0.29, 0.717) is 6.61 Å². The van der Waals surface area contributed by atoms with Gasteiger partial charge in [-0.2, -0.15) is 0 Å². The molecule has 0 amide bonds. The zero-order chi connectivity index (χ0) is 8.97. The first-order valence-electron chi connectivity index (χ1n) is 3.38. The summed E-state index contributed by atoms with van der Waals surface area (Å²) in [6, 6.07) is 6.65. The van der Waals surface area contributed by atoms with Gasteiger partial charge in [0, 0.05) is 0 Å². The quantitative estimate of drug-likeness (QED) is 0.675. The molecule has 1 rings (SSSR count). The Balaban J connectivity index is 2.53. The number of ether oxygens (including phenoxy) is 1. The van der Waals surface area contributed by atoms with Crippen molar-refractivity contribution in [3.8, 4) is 5.75 Å². The SMILES string of the molecule is NC(=S)OCc1ccc(O)cc1. The van der Waals surface area contributed by atoms with Crippen LogP contribution in [0.5, 0.6) is 5.75 Å². The van der Waals surface area contributed by atoms with Crippen molar-refractivity contribution in [2.24, 2.45) is 5.73 Å². The molecule has 1 aromatic carbocycles. The molecular weight excluding hydrogens is 174 g/mol. The highest BCUT2D eigenvalue weighted by atomic mass is 32.1. The Morgan fingerprint density at radius 2 is 2.00 bits per heavy atom. The van der Waals surface area contributed by atoms with Gasteiger partial charge in [-0.1, -0.05) is 12.1 Å². The average Bonchev–Trinajstić information content (AvgIpc) is 2.03. The third kappa shape index (κ3) is 2.75. The lowest BCUT2D eigenvalue weighted by Gasteiger charge is -2.02. The Labute approximate surface area is 75.8 Å². The van der Waals surface area contributed by atoms with Gasteiger partial charge in [0.2, 0.25) is 0 Å². The van der Waals surface area contributed by atoms with Gasteiger partial charge in [-0.3, -0.25) is 0 Å². The Bertz CT molecular complexity index is 271. The molecule has 0 heterocycles. The minimum Gasteiger partial charge on any atom is -0.508 e. The van der Waals surface area contributed by atoms with Crippen molar-refractivity contribution in [2.45, 2.75) is 6.61 Å². The van der Waals surface area contributed by atoms with E-state index >= 15 is 0 Å². The molecule has 0 saturated heterocycles. The highest BCUT2D eigenvalue weighted by Crippen LogP contribution is 2.09. The maximum absolute atomic E-state index is 8.94. The van der Waals surface area contributed by atoms with Crippen molar-refractivity contribution in [3.63, 3.8) is 0 Å². The van der Waals surface area contributed by atoms with Crippen LogP contribution in [-0.4, -0.2) is 10.3 Å². The number of hydrogen-bond acceptors (Lipinski definition) is 3. The molecule has 3 N–H and O–H groups in total. The maximum atomic E-state index is 8.94. The van der Waals surface area contributed by atoms with E-state index in [1.807, 2.05) is 0 Å². The van der Waals surface area contributed by atoms with Crippen LogP contribution in [-0.2, 0) is 11.3 Å². The van der Waals surface area contributed by atoms with E-state index in [0.717, 1.165) is 5.56 Å². The Morgan fingerprint density at radius 1 is 1.42 bits per heavy atom. The third-order valence-corrected chi connectivity index (χ3v) is 1.44. The van der Waals surface area contributed by atoms with Crippen molar-refractivity contribution in [1.82, 2.24) is 0 Å². The fourth-order valence-electron chi connectivity index (χ4n) is 0.747. The highest BCUT2D eigenvalue weighted by Gasteiger charge is 1.94. The van der Waals surface area contributed by atoms with Gasteiger partial charge < -0.3 is 15.6 Å². The topological polar surface area (TPSA) is 55.5 Å². The van der Waals surface area contributed by atoms with Gasteiger partial charge in [0.1, 0.15) is 12.4 Å². The van der Waals surface area contributed by atoms with Crippen LogP contribution in [0.25, 0.3) is 0 Å². The zero-order valence-corrected chi connectivity index (χ0v) is 7.17. The Hall–Kier alpha value is -1.29. The standard InChI is InChI=1S/C8H9NO2S/c9-8(12)11-5-6-1-3-7(10)4-2-6/h1-4,10H,5H2,(H2,9,12). The monoisotopic (exact) mass is 183 g/mol. The summed E-state index contributed by atoms with van der Waals surface area (Å²) in [5.41, 5.74) is 6.05. The number of phenolic OH excluding ortho intramolecular Hbond substituents is 1. The number of phenols is 1. The molecule has 0 radical (unpaired) electrons. The predicted molar refractivity (Wildman–Crippen MR) is 49.7 cm³/mol. The largest absolute Gasteiger partial charge is 0.508 e. The van der Waals surface area contributed by atoms with Gasteiger partial charge in [0.15, 0.2) is 0 Å². The van der Waals surface area contributed by atoms with Crippen LogP contribution in [0.15, 0.2) is 24.3 Å². The molecule has 0 spiro atoms. The number of aromatic hydroxyl groups is 1. The van der Waals surface area contributed by atoms with Crippen molar-refractivity contribution < 1.29 is 9.84 Å². The van der Waals surface area contributed by atoms with E-state index in [2.05, 4.69) is 12.2 Å². The smallest absolute Gasteiger partial charge is 0.254 e. The molecule has 12 heavy (non-hydrogen) atoms.